The second kappa shape index (κ2) is 4.03. The van der Waals surface area contributed by atoms with Gasteiger partial charge in [0.25, 0.3) is 5.91 Å². The van der Waals surface area contributed by atoms with Gasteiger partial charge in [0.2, 0.25) is 0 Å². The number of nitrogen functional groups attached to an aromatic ring is 1. The summed E-state index contributed by atoms with van der Waals surface area (Å²) in [6.45, 7) is 1.31. The number of fused-ring (bicyclic) bond motifs is 1. The number of aliphatic hydroxyl groups excluding tert-OH is 1. The Morgan fingerprint density at radius 1 is 1.44 bits per heavy atom. The first-order valence-electron chi connectivity index (χ1n) is 5.86. The van der Waals surface area contributed by atoms with E-state index in [1.165, 1.54) is 0 Å². The maximum absolute atomic E-state index is 12.1. The summed E-state index contributed by atoms with van der Waals surface area (Å²) in [7, 11) is 0. The average molecular weight is 246 g/mol. The molecule has 18 heavy (non-hydrogen) atoms. The van der Waals surface area contributed by atoms with Crippen molar-refractivity contribution in [2.24, 2.45) is 5.92 Å². The van der Waals surface area contributed by atoms with E-state index in [9.17, 15) is 4.79 Å². The summed E-state index contributed by atoms with van der Waals surface area (Å²) in [4.78, 5) is 13.7. The zero-order valence-electron chi connectivity index (χ0n) is 9.80. The van der Waals surface area contributed by atoms with Gasteiger partial charge in [-0.3, -0.25) is 4.79 Å². The highest BCUT2D eigenvalue weighted by atomic mass is 16.3. The molecule has 3 rings (SSSR count). The van der Waals surface area contributed by atoms with Crippen LogP contribution in [0.5, 0.6) is 0 Å². The topological polar surface area (TPSA) is 79.7 Å². The molecule has 0 spiro atoms. The number of benzene rings is 1. The second-order valence-corrected chi connectivity index (χ2v) is 4.67. The number of furan rings is 1. The SMILES string of the molecule is Nc1ccc2oc(C(=O)N3CC(CO)C3)cc2c1. The number of hydrogen-bond acceptors (Lipinski definition) is 4. The summed E-state index contributed by atoms with van der Waals surface area (Å²) in [6, 6.07) is 6.99. The fraction of sp³-hybridized carbons (Fsp3) is 0.308. The zero-order valence-corrected chi connectivity index (χ0v) is 9.80. The molecule has 3 N–H and O–H groups in total. The molecule has 0 radical (unpaired) electrons. The molecule has 1 aromatic carbocycles. The molecule has 1 aliphatic heterocycles. The van der Waals surface area contributed by atoms with Gasteiger partial charge in [-0.1, -0.05) is 0 Å². The van der Waals surface area contributed by atoms with Crippen LogP contribution in [-0.4, -0.2) is 35.6 Å². The average Bonchev–Trinajstić information content (AvgIpc) is 2.70. The van der Waals surface area contributed by atoms with Gasteiger partial charge in [0.05, 0.1) is 0 Å². The van der Waals surface area contributed by atoms with Crippen molar-refractivity contribution in [1.29, 1.82) is 0 Å². The zero-order chi connectivity index (χ0) is 12.7. The molecule has 0 bridgehead atoms. The van der Waals surface area contributed by atoms with Crippen LogP contribution in [0.3, 0.4) is 0 Å². The Labute approximate surface area is 104 Å². The highest BCUT2D eigenvalue weighted by Crippen LogP contribution is 2.25. The Balaban J connectivity index is 1.84. The van der Waals surface area contributed by atoms with Gasteiger partial charge in [0, 0.05) is 36.7 Å². The summed E-state index contributed by atoms with van der Waals surface area (Å²) in [5.74, 6) is 0.399. The minimum atomic E-state index is -0.130. The molecule has 1 fully saturated rings. The number of carbonyl (C=O) groups is 1. The smallest absolute Gasteiger partial charge is 0.289 e. The predicted molar refractivity (Wildman–Crippen MR) is 67.1 cm³/mol. The molecule has 0 unspecified atom stereocenters. The molecular weight excluding hydrogens is 232 g/mol. The Bertz CT molecular complexity index is 599. The number of amides is 1. The Morgan fingerprint density at radius 3 is 2.94 bits per heavy atom. The van der Waals surface area contributed by atoms with Crippen molar-refractivity contribution in [3.63, 3.8) is 0 Å². The van der Waals surface area contributed by atoms with E-state index in [4.69, 9.17) is 15.3 Å². The molecule has 1 aliphatic rings. The molecule has 5 heteroatoms. The standard InChI is InChI=1S/C13H14N2O3/c14-10-1-2-11-9(3-10)4-12(18-11)13(17)15-5-8(6-15)7-16/h1-4,8,16H,5-7,14H2. The van der Waals surface area contributed by atoms with Gasteiger partial charge in [0.15, 0.2) is 5.76 Å². The highest BCUT2D eigenvalue weighted by Gasteiger charge is 2.32. The van der Waals surface area contributed by atoms with Crippen molar-refractivity contribution in [2.75, 3.05) is 25.4 Å². The summed E-state index contributed by atoms with van der Waals surface area (Å²) >= 11 is 0. The summed E-state index contributed by atoms with van der Waals surface area (Å²) in [5, 5.41) is 9.76. The third-order valence-corrected chi connectivity index (χ3v) is 3.25. The van der Waals surface area contributed by atoms with Crippen LogP contribution in [0.15, 0.2) is 28.7 Å². The van der Waals surface area contributed by atoms with Gasteiger partial charge in [-0.15, -0.1) is 0 Å². The van der Waals surface area contributed by atoms with Crippen LogP contribution >= 0.6 is 0 Å². The predicted octanol–water partition coefficient (Wildman–Crippen LogP) is 1.08. The van der Waals surface area contributed by atoms with E-state index in [1.807, 2.05) is 0 Å². The summed E-state index contributed by atoms with van der Waals surface area (Å²) in [6.07, 6.45) is 0. The second-order valence-electron chi connectivity index (χ2n) is 4.67. The van der Waals surface area contributed by atoms with Gasteiger partial charge in [-0.25, -0.2) is 0 Å². The van der Waals surface area contributed by atoms with Gasteiger partial charge >= 0.3 is 0 Å². The third-order valence-electron chi connectivity index (χ3n) is 3.25. The van der Waals surface area contributed by atoms with Crippen LogP contribution in [-0.2, 0) is 0 Å². The number of hydrogen-bond donors (Lipinski definition) is 2. The van der Waals surface area contributed by atoms with Crippen LogP contribution in [0.2, 0.25) is 0 Å². The quantitative estimate of drug-likeness (QED) is 0.777. The minimum absolute atomic E-state index is 0.125. The number of anilines is 1. The number of carbonyl (C=O) groups excluding carboxylic acids is 1. The number of nitrogens with two attached hydrogens (primary N) is 1. The van der Waals surface area contributed by atoms with Crippen LogP contribution in [0, 0.1) is 5.92 Å². The maximum atomic E-state index is 12.1. The van der Waals surface area contributed by atoms with Gasteiger partial charge in [-0.2, -0.15) is 0 Å². The van der Waals surface area contributed by atoms with E-state index >= 15 is 0 Å². The monoisotopic (exact) mass is 246 g/mol. The largest absolute Gasteiger partial charge is 0.451 e. The van der Waals surface area contributed by atoms with Crippen molar-refractivity contribution in [3.8, 4) is 0 Å². The van der Waals surface area contributed by atoms with Crippen molar-refractivity contribution >= 4 is 22.6 Å². The number of likely N-dealkylation sites (tertiary alicyclic amines) is 1. The van der Waals surface area contributed by atoms with Crippen molar-refractivity contribution < 1.29 is 14.3 Å². The number of rotatable bonds is 2. The molecule has 1 amide bonds. The summed E-state index contributed by atoms with van der Waals surface area (Å²) in [5.41, 5.74) is 6.98. The Morgan fingerprint density at radius 2 is 2.22 bits per heavy atom. The van der Waals surface area contributed by atoms with E-state index in [0.717, 1.165) is 5.39 Å². The van der Waals surface area contributed by atoms with Crippen LogP contribution < -0.4 is 5.73 Å². The maximum Gasteiger partial charge on any atom is 0.289 e. The van der Waals surface area contributed by atoms with E-state index < -0.39 is 0 Å². The number of aliphatic hydroxyl groups is 1. The van der Waals surface area contributed by atoms with Crippen molar-refractivity contribution in [2.45, 2.75) is 0 Å². The first kappa shape index (κ1) is 11.1. The highest BCUT2D eigenvalue weighted by molar-refractivity contribution is 5.97. The molecule has 0 saturated carbocycles. The minimum Gasteiger partial charge on any atom is -0.451 e. The molecule has 1 saturated heterocycles. The van der Waals surface area contributed by atoms with E-state index in [-0.39, 0.29) is 18.4 Å². The van der Waals surface area contributed by atoms with Crippen LogP contribution in [0.1, 0.15) is 10.6 Å². The van der Waals surface area contributed by atoms with Crippen molar-refractivity contribution in [3.05, 3.63) is 30.0 Å². The Hall–Kier alpha value is -2.01. The fourth-order valence-corrected chi connectivity index (χ4v) is 2.17. The fourth-order valence-electron chi connectivity index (χ4n) is 2.17. The van der Waals surface area contributed by atoms with E-state index in [1.54, 1.807) is 29.2 Å². The molecule has 1 aromatic heterocycles. The third kappa shape index (κ3) is 1.73. The lowest BCUT2D eigenvalue weighted by Gasteiger charge is -2.37. The number of nitrogens with zero attached hydrogens (tertiary/aromatic N) is 1. The molecule has 5 nitrogen and oxygen atoms in total. The van der Waals surface area contributed by atoms with Crippen LogP contribution in [0.4, 0.5) is 5.69 Å². The van der Waals surface area contributed by atoms with Crippen LogP contribution in [0.25, 0.3) is 11.0 Å². The molecule has 0 aliphatic carbocycles. The van der Waals surface area contributed by atoms with Gasteiger partial charge < -0.3 is 20.2 Å². The van der Waals surface area contributed by atoms with Crippen molar-refractivity contribution in [1.82, 2.24) is 4.90 Å². The molecular formula is C13H14N2O3. The molecule has 2 heterocycles. The lowest BCUT2D eigenvalue weighted by Crippen LogP contribution is -2.51. The molecule has 2 aromatic rings. The Kier molecular flexibility index (Phi) is 2.48. The summed E-state index contributed by atoms with van der Waals surface area (Å²) < 4.78 is 5.50. The lowest BCUT2D eigenvalue weighted by atomic mass is 10.0. The molecule has 0 atom stereocenters. The van der Waals surface area contributed by atoms with E-state index in [2.05, 4.69) is 0 Å². The lowest BCUT2D eigenvalue weighted by molar-refractivity contribution is 0.0336. The van der Waals surface area contributed by atoms with E-state index in [0.29, 0.717) is 30.1 Å². The first-order chi connectivity index (χ1) is 8.67. The normalized spacial score (nSPS) is 15.9. The molecule has 94 valence electrons. The van der Waals surface area contributed by atoms with Gasteiger partial charge in [-0.05, 0) is 24.3 Å². The van der Waals surface area contributed by atoms with Gasteiger partial charge in [0.1, 0.15) is 5.58 Å². The first-order valence-corrected chi connectivity index (χ1v) is 5.86.